The van der Waals surface area contributed by atoms with Crippen molar-refractivity contribution in [1.82, 2.24) is 5.32 Å². The van der Waals surface area contributed by atoms with Crippen molar-refractivity contribution in [2.45, 2.75) is 25.0 Å². The molecular formula is C17H18FNO. The number of ether oxygens (including phenoxy) is 1. The fourth-order valence-electron chi connectivity index (χ4n) is 2.33. The van der Waals surface area contributed by atoms with E-state index in [1.54, 1.807) is 6.07 Å². The predicted molar refractivity (Wildman–Crippen MR) is 77.4 cm³/mol. The molecule has 1 aliphatic rings. The average Bonchev–Trinajstić information content (AvgIpc) is 3.27. The summed E-state index contributed by atoms with van der Waals surface area (Å²) >= 11 is 0. The van der Waals surface area contributed by atoms with Crippen LogP contribution in [-0.4, -0.2) is 13.2 Å². The van der Waals surface area contributed by atoms with Gasteiger partial charge in [0.25, 0.3) is 0 Å². The molecule has 2 nitrogen and oxygen atoms in total. The molecule has 0 spiro atoms. The van der Waals surface area contributed by atoms with Gasteiger partial charge in [-0.15, -0.1) is 0 Å². The molecule has 2 aromatic rings. The van der Waals surface area contributed by atoms with Crippen LogP contribution in [0.5, 0.6) is 5.75 Å². The van der Waals surface area contributed by atoms with Gasteiger partial charge in [0.15, 0.2) is 0 Å². The molecule has 0 heterocycles. The first-order chi connectivity index (χ1) is 9.78. The Bertz CT molecular complexity index is 578. The highest BCUT2D eigenvalue weighted by Gasteiger charge is 2.23. The van der Waals surface area contributed by atoms with Crippen molar-refractivity contribution >= 4 is 0 Å². The molecule has 0 amide bonds. The summed E-state index contributed by atoms with van der Waals surface area (Å²) in [6, 6.07) is 14.6. The first-order valence-electron chi connectivity index (χ1n) is 6.96. The molecule has 0 aliphatic heterocycles. The van der Waals surface area contributed by atoms with Crippen molar-refractivity contribution in [1.29, 1.82) is 0 Å². The summed E-state index contributed by atoms with van der Waals surface area (Å²) in [6.45, 7) is 0. The molecule has 104 valence electrons. The second-order valence-corrected chi connectivity index (χ2v) is 5.13. The number of hydrogen-bond donors (Lipinski definition) is 1. The number of hydrogen-bond acceptors (Lipinski definition) is 2. The van der Waals surface area contributed by atoms with E-state index in [9.17, 15) is 4.39 Å². The van der Waals surface area contributed by atoms with E-state index in [1.807, 2.05) is 43.4 Å². The van der Waals surface area contributed by atoms with E-state index in [4.69, 9.17) is 4.74 Å². The number of rotatable bonds is 5. The Labute approximate surface area is 118 Å². The van der Waals surface area contributed by atoms with Crippen LogP contribution in [-0.2, 0) is 0 Å². The fraction of sp³-hybridized carbons (Fsp3) is 0.294. The lowest BCUT2D eigenvalue weighted by Gasteiger charge is -2.18. The Hall–Kier alpha value is -1.87. The van der Waals surface area contributed by atoms with Gasteiger partial charge in [0, 0.05) is 5.56 Å². The topological polar surface area (TPSA) is 21.3 Å². The van der Waals surface area contributed by atoms with Gasteiger partial charge >= 0.3 is 0 Å². The summed E-state index contributed by atoms with van der Waals surface area (Å²) in [5.41, 5.74) is 1.69. The van der Waals surface area contributed by atoms with Crippen molar-refractivity contribution in [3.8, 4) is 5.75 Å². The van der Waals surface area contributed by atoms with E-state index in [0.717, 1.165) is 24.2 Å². The Morgan fingerprint density at radius 1 is 1.10 bits per heavy atom. The maximum Gasteiger partial charge on any atom is 0.128 e. The van der Waals surface area contributed by atoms with Gasteiger partial charge in [-0.1, -0.05) is 30.3 Å². The standard InChI is InChI=1S/C17H18FNO/c1-19-17(15-4-2-3-5-16(15)18)12-6-8-13(9-7-12)20-14-10-11-14/h2-9,14,17,19H,10-11H2,1H3. The van der Waals surface area contributed by atoms with Crippen LogP contribution in [0, 0.1) is 5.82 Å². The predicted octanol–water partition coefficient (Wildman–Crippen LogP) is 3.68. The van der Waals surface area contributed by atoms with E-state index in [-0.39, 0.29) is 11.9 Å². The van der Waals surface area contributed by atoms with Crippen molar-refractivity contribution in [2.24, 2.45) is 0 Å². The summed E-state index contributed by atoms with van der Waals surface area (Å²) < 4.78 is 19.6. The zero-order chi connectivity index (χ0) is 13.9. The maximum atomic E-state index is 13.9. The van der Waals surface area contributed by atoms with Gasteiger partial charge in [-0.3, -0.25) is 0 Å². The van der Waals surface area contributed by atoms with Gasteiger partial charge in [-0.2, -0.15) is 0 Å². The first kappa shape index (κ1) is 13.1. The lowest BCUT2D eigenvalue weighted by molar-refractivity contribution is 0.303. The van der Waals surface area contributed by atoms with Gasteiger partial charge in [-0.25, -0.2) is 4.39 Å². The molecule has 1 aliphatic carbocycles. The first-order valence-corrected chi connectivity index (χ1v) is 6.96. The van der Waals surface area contributed by atoms with Gasteiger partial charge in [0.1, 0.15) is 11.6 Å². The molecule has 1 unspecified atom stereocenters. The molecule has 2 aromatic carbocycles. The molecule has 1 fully saturated rings. The summed E-state index contributed by atoms with van der Waals surface area (Å²) in [5.74, 6) is 0.699. The Kier molecular flexibility index (Phi) is 3.70. The monoisotopic (exact) mass is 271 g/mol. The summed E-state index contributed by atoms with van der Waals surface area (Å²) in [7, 11) is 1.84. The molecule has 1 N–H and O–H groups in total. The normalized spacial score (nSPS) is 15.9. The molecule has 1 atom stereocenters. The minimum Gasteiger partial charge on any atom is -0.490 e. The minimum atomic E-state index is -0.190. The van der Waals surface area contributed by atoms with Gasteiger partial charge in [0.05, 0.1) is 12.1 Å². The highest BCUT2D eigenvalue weighted by atomic mass is 19.1. The number of halogens is 1. The third kappa shape index (κ3) is 2.83. The zero-order valence-electron chi connectivity index (χ0n) is 11.5. The van der Waals surface area contributed by atoms with Crippen molar-refractivity contribution in [2.75, 3.05) is 7.05 Å². The SMILES string of the molecule is CNC(c1ccc(OC2CC2)cc1)c1ccccc1F. The van der Waals surface area contributed by atoms with Crippen LogP contribution >= 0.6 is 0 Å². The molecule has 1 saturated carbocycles. The molecular weight excluding hydrogens is 253 g/mol. The van der Waals surface area contributed by atoms with Crippen LogP contribution in [0.2, 0.25) is 0 Å². The minimum absolute atomic E-state index is 0.147. The quantitative estimate of drug-likeness (QED) is 0.895. The fourth-order valence-corrected chi connectivity index (χ4v) is 2.33. The van der Waals surface area contributed by atoms with Crippen molar-refractivity contribution < 1.29 is 9.13 Å². The highest BCUT2D eigenvalue weighted by Crippen LogP contribution is 2.29. The van der Waals surface area contributed by atoms with Gasteiger partial charge in [0.2, 0.25) is 0 Å². The average molecular weight is 271 g/mol. The Morgan fingerprint density at radius 2 is 1.80 bits per heavy atom. The highest BCUT2D eigenvalue weighted by molar-refractivity contribution is 5.36. The second kappa shape index (κ2) is 5.63. The van der Waals surface area contributed by atoms with Crippen LogP contribution in [0.3, 0.4) is 0 Å². The van der Waals surface area contributed by atoms with Crippen molar-refractivity contribution in [3.63, 3.8) is 0 Å². The maximum absolute atomic E-state index is 13.9. The second-order valence-electron chi connectivity index (χ2n) is 5.13. The van der Waals surface area contributed by atoms with Crippen LogP contribution in [0.25, 0.3) is 0 Å². The van der Waals surface area contributed by atoms with E-state index in [0.29, 0.717) is 11.7 Å². The largest absolute Gasteiger partial charge is 0.490 e. The molecule has 0 saturated heterocycles. The van der Waals surface area contributed by atoms with Crippen LogP contribution in [0.1, 0.15) is 30.0 Å². The van der Waals surface area contributed by atoms with E-state index < -0.39 is 0 Å². The number of benzene rings is 2. The lowest BCUT2D eigenvalue weighted by Crippen LogP contribution is -2.18. The summed E-state index contributed by atoms with van der Waals surface area (Å²) in [4.78, 5) is 0. The molecule has 20 heavy (non-hydrogen) atoms. The van der Waals surface area contributed by atoms with Gasteiger partial charge in [-0.05, 0) is 43.7 Å². The third-order valence-corrected chi connectivity index (χ3v) is 3.55. The van der Waals surface area contributed by atoms with Crippen molar-refractivity contribution in [3.05, 3.63) is 65.5 Å². The summed E-state index contributed by atoms with van der Waals surface area (Å²) in [6.07, 6.45) is 2.69. The zero-order valence-corrected chi connectivity index (χ0v) is 11.5. The van der Waals surface area contributed by atoms with Crippen LogP contribution in [0.15, 0.2) is 48.5 Å². The molecule has 0 aromatic heterocycles. The Morgan fingerprint density at radius 3 is 2.40 bits per heavy atom. The molecule has 3 heteroatoms. The van der Waals surface area contributed by atoms with Crippen LogP contribution < -0.4 is 10.1 Å². The number of nitrogens with one attached hydrogen (secondary N) is 1. The summed E-state index contributed by atoms with van der Waals surface area (Å²) in [5, 5.41) is 3.17. The molecule has 0 bridgehead atoms. The molecule has 3 rings (SSSR count). The smallest absolute Gasteiger partial charge is 0.128 e. The Balaban J connectivity index is 1.83. The van der Waals surface area contributed by atoms with Gasteiger partial charge < -0.3 is 10.1 Å². The van der Waals surface area contributed by atoms with E-state index in [1.165, 1.54) is 6.07 Å². The third-order valence-electron chi connectivity index (χ3n) is 3.55. The lowest BCUT2D eigenvalue weighted by atomic mass is 9.98. The molecule has 0 radical (unpaired) electrons. The van der Waals surface area contributed by atoms with E-state index >= 15 is 0 Å². The van der Waals surface area contributed by atoms with Crippen LogP contribution in [0.4, 0.5) is 4.39 Å². The van der Waals surface area contributed by atoms with E-state index in [2.05, 4.69) is 5.32 Å².